The zero-order valence-electron chi connectivity index (χ0n) is 16.3. The molecule has 3 aromatic rings. The molecule has 0 aliphatic rings. The SMILES string of the molecule is CC(C)Oc1ccc(NCC(=O)Nc2cccc(NC(=O)c3ccco3)c2)cc1. The van der Waals surface area contributed by atoms with Crippen LogP contribution >= 0.6 is 0 Å². The van der Waals surface area contributed by atoms with Crippen molar-refractivity contribution in [2.45, 2.75) is 20.0 Å². The van der Waals surface area contributed by atoms with Crippen molar-refractivity contribution in [1.82, 2.24) is 0 Å². The van der Waals surface area contributed by atoms with Gasteiger partial charge < -0.3 is 25.1 Å². The molecule has 1 aromatic heterocycles. The number of carbonyl (C=O) groups excluding carboxylic acids is 2. The summed E-state index contributed by atoms with van der Waals surface area (Å²) in [5, 5.41) is 8.58. The number of benzene rings is 2. The molecule has 3 N–H and O–H groups in total. The molecular weight excluding hydrogens is 370 g/mol. The van der Waals surface area contributed by atoms with Gasteiger partial charge in [-0.2, -0.15) is 0 Å². The van der Waals surface area contributed by atoms with Crippen LogP contribution in [0.3, 0.4) is 0 Å². The van der Waals surface area contributed by atoms with E-state index >= 15 is 0 Å². The van der Waals surface area contributed by atoms with E-state index in [2.05, 4.69) is 16.0 Å². The van der Waals surface area contributed by atoms with Crippen LogP contribution < -0.4 is 20.7 Å². The number of hydrogen-bond acceptors (Lipinski definition) is 5. The first-order chi connectivity index (χ1) is 14.0. The third-order valence-corrected chi connectivity index (χ3v) is 3.83. The molecule has 2 amide bonds. The number of ether oxygens (including phenoxy) is 1. The van der Waals surface area contributed by atoms with Crippen molar-refractivity contribution in [3.63, 3.8) is 0 Å². The van der Waals surface area contributed by atoms with Gasteiger partial charge in [0.15, 0.2) is 5.76 Å². The smallest absolute Gasteiger partial charge is 0.291 e. The highest BCUT2D eigenvalue weighted by Crippen LogP contribution is 2.18. The van der Waals surface area contributed by atoms with E-state index in [0.29, 0.717) is 11.4 Å². The molecule has 150 valence electrons. The molecule has 0 fully saturated rings. The third-order valence-electron chi connectivity index (χ3n) is 3.83. The van der Waals surface area contributed by atoms with Gasteiger partial charge >= 0.3 is 0 Å². The number of amides is 2. The lowest BCUT2D eigenvalue weighted by atomic mass is 10.2. The van der Waals surface area contributed by atoms with E-state index in [1.165, 1.54) is 6.26 Å². The fourth-order valence-electron chi connectivity index (χ4n) is 2.59. The van der Waals surface area contributed by atoms with Crippen LogP contribution in [0.5, 0.6) is 5.75 Å². The Kier molecular flexibility index (Phi) is 6.52. The summed E-state index contributed by atoms with van der Waals surface area (Å²) in [6, 6.07) is 17.5. The lowest BCUT2D eigenvalue weighted by molar-refractivity contribution is -0.114. The second kappa shape index (κ2) is 9.45. The summed E-state index contributed by atoms with van der Waals surface area (Å²) < 4.78 is 10.7. The number of anilines is 3. The van der Waals surface area contributed by atoms with Crippen LogP contribution in [0.4, 0.5) is 17.1 Å². The molecule has 0 radical (unpaired) electrons. The van der Waals surface area contributed by atoms with E-state index in [1.807, 2.05) is 38.1 Å². The van der Waals surface area contributed by atoms with Gasteiger partial charge in [0.2, 0.25) is 5.91 Å². The predicted molar refractivity (Wildman–Crippen MR) is 112 cm³/mol. The molecule has 2 aromatic carbocycles. The maximum Gasteiger partial charge on any atom is 0.291 e. The van der Waals surface area contributed by atoms with Crippen molar-refractivity contribution in [3.05, 3.63) is 72.7 Å². The van der Waals surface area contributed by atoms with E-state index in [4.69, 9.17) is 9.15 Å². The summed E-state index contributed by atoms with van der Waals surface area (Å²) in [4.78, 5) is 24.3. The molecule has 29 heavy (non-hydrogen) atoms. The minimum Gasteiger partial charge on any atom is -0.491 e. The average molecular weight is 393 g/mol. The van der Waals surface area contributed by atoms with E-state index in [9.17, 15) is 9.59 Å². The molecule has 0 atom stereocenters. The second-order valence-electron chi connectivity index (χ2n) is 6.60. The Bertz CT molecular complexity index is 950. The summed E-state index contributed by atoms with van der Waals surface area (Å²) >= 11 is 0. The Balaban J connectivity index is 1.51. The molecule has 0 unspecified atom stereocenters. The first-order valence-electron chi connectivity index (χ1n) is 9.25. The molecule has 0 saturated heterocycles. The van der Waals surface area contributed by atoms with Crippen LogP contribution in [0.2, 0.25) is 0 Å². The van der Waals surface area contributed by atoms with Gasteiger partial charge in [-0.3, -0.25) is 9.59 Å². The van der Waals surface area contributed by atoms with Crippen LogP contribution in [-0.4, -0.2) is 24.5 Å². The number of rotatable bonds is 8. The Morgan fingerprint density at radius 1 is 0.931 bits per heavy atom. The number of furan rings is 1. The molecule has 0 bridgehead atoms. The molecule has 0 saturated carbocycles. The molecule has 7 heteroatoms. The molecule has 0 aliphatic heterocycles. The van der Waals surface area contributed by atoms with Gasteiger partial charge in [0.25, 0.3) is 5.91 Å². The quantitative estimate of drug-likeness (QED) is 0.528. The minimum absolute atomic E-state index is 0.105. The summed E-state index contributed by atoms with van der Waals surface area (Å²) in [6.07, 6.45) is 1.54. The lowest BCUT2D eigenvalue weighted by Gasteiger charge is -2.11. The van der Waals surface area contributed by atoms with Crippen LogP contribution in [0.15, 0.2) is 71.3 Å². The van der Waals surface area contributed by atoms with Crippen LogP contribution in [0, 0.1) is 0 Å². The van der Waals surface area contributed by atoms with Gasteiger partial charge in [0, 0.05) is 17.1 Å². The Morgan fingerprint density at radius 3 is 2.31 bits per heavy atom. The van der Waals surface area contributed by atoms with E-state index in [0.717, 1.165) is 11.4 Å². The predicted octanol–water partition coefficient (Wildman–Crippen LogP) is 4.37. The normalized spacial score (nSPS) is 10.4. The molecular formula is C22H23N3O4. The minimum atomic E-state index is -0.356. The highest BCUT2D eigenvalue weighted by molar-refractivity contribution is 6.02. The number of nitrogens with one attached hydrogen (secondary N) is 3. The van der Waals surface area contributed by atoms with Crippen molar-refractivity contribution in [1.29, 1.82) is 0 Å². The van der Waals surface area contributed by atoms with Crippen LogP contribution in [0.25, 0.3) is 0 Å². The maximum absolute atomic E-state index is 12.2. The summed E-state index contributed by atoms with van der Waals surface area (Å²) in [6.45, 7) is 4.04. The van der Waals surface area contributed by atoms with Gasteiger partial charge in [0.05, 0.1) is 18.9 Å². The molecule has 1 heterocycles. The zero-order valence-corrected chi connectivity index (χ0v) is 16.3. The topological polar surface area (TPSA) is 92.6 Å². The van der Waals surface area contributed by atoms with Crippen molar-refractivity contribution in [2.24, 2.45) is 0 Å². The largest absolute Gasteiger partial charge is 0.491 e. The van der Waals surface area contributed by atoms with Crippen LogP contribution in [-0.2, 0) is 4.79 Å². The highest BCUT2D eigenvalue weighted by atomic mass is 16.5. The monoisotopic (exact) mass is 393 g/mol. The second-order valence-corrected chi connectivity index (χ2v) is 6.60. The van der Waals surface area contributed by atoms with E-state index < -0.39 is 0 Å². The molecule has 0 spiro atoms. The Labute approximate surface area is 169 Å². The van der Waals surface area contributed by atoms with Gasteiger partial charge in [0.1, 0.15) is 5.75 Å². The van der Waals surface area contributed by atoms with Gasteiger partial charge in [-0.1, -0.05) is 6.07 Å². The summed E-state index contributed by atoms with van der Waals surface area (Å²) in [5.74, 6) is 0.434. The van der Waals surface area contributed by atoms with Gasteiger partial charge in [-0.15, -0.1) is 0 Å². The number of hydrogen-bond donors (Lipinski definition) is 3. The lowest BCUT2D eigenvalue weighted by Crippen LogP contribution is -2.21. The van der Waals surface area contributed by atoms with Crippen molar-refractivity contribution in [2.75, 3.05) is 22.5 Å². The standard InChI is InChI=1S/C22H23N3O4/c1-15(2)29-19-10-8-16(9-11-19)23-14-21(26)24-17-5-3-6-18(13-17)25-22(27)20-7-4-12-28-20/h3-13,15,23H,14H2,1-2H3,(H,24,26)(H,25,27). The fourth-order valence-corrected chi connectivity index (χ4v) is 2.59. The Hall–Kier alpha value is -3.74. The summed E-state index contributed by atoms with van der Waals surface area (Å²) in [7, 11) is 0. The fraction of sp³-hybridized carbons (Fsp3) is 0.182. The van der Waals surface area contributed by atoms with Crippen molar-refractivity contribution in [3.8, 4) is 5.75 Å². The van der Waals surface area contributed by atoms with Gasteiger partial charge in [-0.05, 0) is 68.4 Å². The van der Waals surface area contributed by atoms with E-state index in [1.54, 1.807) is 36.4 Å². The average Bonchev–Trinajstić information content (AvgIpc) is 3.22. The van der Waals surface area contributed by atoms with E-state index in [-0.39, 0.29) is 30.2 Å². The first kappa shape index (κ1) is 20.0. The van der Waals surface area contributed by atoms with Crippen LogP contribution in [0.1, 0.15) is 24.4 Å². The summed E-state index contributed by atoms with van der Waals surface area (Å²) in [5.41, 5.74) is 1.95. The first-order valence-corrected chi connectivity index (χ1v) is 9.25. The maximum atomic E-state index is 12.2. The molecule has 7 nitrogen and oxygen atoms in total. The zero-order chi connectivity index (χ0) is 20.6. The highest BCUT2D eigenvalue weighted by Gasteiger charge is 2.09. The third kappa shape index (κ3) is 6.14. The number of carbonyl (C=O) groups is 2. The van der Waals surface area contributed by atoms with Gasteiger partial charge in [-0.25, -0.2) is 0 Å². The molecule has 0 aliphatic carbocycles. The Morgan fingerprint density at radius 2 is 1.66 bits per heavy atom. The van der Waals surface area contributed by atoms with Crippen molar-refractivity contribution >= 4 is 28.9 Å². The van der Waals surface area contributed by atoms with Crippen molar-refractivity contribution < 1.29 is 18.7 Å². The molecule has 3 rings (SSSR count).